The van der Waals surface area contributed by atoms with Gasteiger partial charge in [0.1, 0.15) is 15.5 Å². The molecule has 4 rings (SSSR count). The van der Waals surface area contributed by atoms with Crippen molar-refractivity contribution < 1.29 is 10.0 Å². The van der Waals surface area contributed by atoms with Crippen LogP contribution in [-0.4, -0.2) is 37.1 Å². The minimum atomic E-state index is -1.34. The predicted molar refractivity (Wildman–Crippen MR) is 138 cm³/mol. The van der Waals surface area contributed by atoms with Crippen LogP contribution < -0.4 is 5.46 Å². The maximum atomic E-state index is 8.58. The van der Waals surface area contributed by atoms with Crippen LogP contribution in [0.3, 0.4) is 0 Å². The largest absolute Gasteiger partial charge is 0.488 e. The first-order valence-corrected chi connectivity index (χ1v) is 10.7. The van der Waals surface area contributed by atoms with Gasteiger partial charge in [0, 0.05) is 17.7 Å². The highest BCUT2D eigenvalue weighted by Crippen LogP contribution is 2.20. The van der Waals surface area contributed by atoms with Gasteiger partial charge in [-0.05, 0) is 28.7 Å². The molecule has 2 aromatic heterocycles. The Labute approximate surface area is 217 Å². The van der Waals surface area contributed by atoms with Crippen LogP contribution in [0.25, 0.3) is 11.3 Å². The Hall–Kier alpha value is -1.97. The molecule has 2 aromatic carbocycles. The quantitative estimate of drug-likeness (QED) is 0.185. The van der Waals surface area contributed by atoms with Gasteiger partial charge < -0.3 is 10.0 Å². The summed E-state index contributed by atoms with van der Waals surface area (Å²) < 4.78 is 0. The molecule has 0 fully saturated rings. The third kappa shape index (κ3) is 11.1. The van der Waals surface area contributed by atoms with Crippen LogP contribution in [0, 0.1) is 0 Å². The van der Waals surface area contributed by atoms with Gasteiger partial charge >= 0.3 is 7.12 Å². The van der Waals surface area contributed by atoms with Gasteiger partial charge in [0.25, 0.3) is 0 Å². The van der Waals surface area contributed by atoms with Crippen molar-refractivity contribution in [2.75, 3.05) is 0 Å². The number of nitrogens with zero attached hydrogens (tertiary/aromatic N) is 4. The zero-order valence-electron chi connectivity index (χ0n) is 16.1. The number of aromatic nitrogens is 4. The fraction of sp³-hybridized carbons (Fsp3) is 0.0476. The molecule has 0 unspecified atom stereocenters. The van der Waals surface area contributed by atoms with Crippen molar-refractivity contribution in [1.29, 1.82) is 0 Å². The molecule has 0 saturated carbocycles. The van der Waals surface area contributed by atoms with E-state index >= 15 is 0 Å². The second kappa shape index (κ2) is 15.0. The molecule has 2 N–H and O–H groups in total. The molecule has 0 amide bonds. The van der Waals surface area contributed by atoms with Crippen LogP contribution >= 0.6 is 58.0 Å². The second-order valence-electron chi connectivity index (χ2n) is 5.78. The van der Waals surface area contributed by atoms with Crippen molar-refractivity contribution in [3.63, 3.8) is 0 Å². The van der Waals surface area contributed by atoms with E-state index in [-0.39, 0.29) is 28.3 Å². The number of hydrogen-bond donors (Lipinski definition) is 2. The molecule has 12 heteroatoms. The molecule has 33 heavy (non-hydrogen) atoms. The van der Waals surface area contributed by atoms with E-state index in [4.69, 9.17) is 68.1 Å². The van der Waals surface area contributed by atoms with Crippen LogP contribution in [0.4, 0.5) is 0 Å². The Morgan fingerprint density at radius 2 is 1.00 bits per heavy atom. The molecule has 0 saturated heterocycles. The lowest BCUT2D eigenvalue weighted by molar-refractivity contribution is 0.426. The molecular formula is C21H18BCl5N4O2. The number of benzene rings is 2. The molecule has 4 aromatic rings. The summed E-state index contributed by atoms with van der Waals surface area (Å²) >= 11 is 27.7. The zero-order valence-corrected chi connectivity index (χ0v) is 19.9. The van der Waals surface area contributed by atoms with E-state index in [9.17, 15) is 0 Å². The van der Waals surface area contributed by atoms with E-state index in [2.05, 4.69) is 19.9 Å². The van der Waals surface area contributed by atoms with Crippen LogP contribution in [-0.2, 0) is 0 Å². The highest BCUT2D eigenvalue weighted by atomic mass is 35.5. The summed E-state index contributed by atoms with van der Waals surface area (Å²) in [7, 11) is -1.34. The van der Waals surface area contributed by atoms with Gasteiger partial charge in [-0.15, -0.1) is 0 Å². The lowest BCUT2D eigenvalue weighted by Gasteiger charge is -2.00. The molecule has 2 heterocycles. The van der Waals surface area contributed by atoms with Crippen molar-refractivity contribution in [2.45, 2.75) is 7.43 Å². The summed E-state index contributed by atoms with van der Waals surface area (Å²) in [5, 5.41) is 18.2. The van der Waals surface area contributed by atoms with E-state index in [0.717, 1.165) is 11.3 Å². The van der Waals surface area contributed by atoms with Crippen molar-refractivity contribution in [3.05, 3.63) is 98.8 Å². The number of hydrogen-bond acceptors (Lipinski definition) is 6. The average molecular weight is 546 g/mol. The average Bonchev–Trinajstić information content (AvgIpc) is 2.74. The second-order valence-corrected chi connectivity index (χ2v) is 7.62. The molecule has 0 aliphatic rings. The molecule has 172 valence electrons. The Morgan fingerprint density at radius 1 is 0.576 bits per heavy atom. The molecule has 0 radical (unpaired) electrons. The van der Waals surface area contributed by atoms with E-state index in [1.54, 1.807) is 30.3 Å². The van der Waals surface area contributed by atoms with Gasteiger partial charge in [0.15, 0.2) is 0 Å². The lowest BCUT2D eigenvalue weighted by Crippen LogP contribution is -2.29. The smallest absolute Gasteiger partial charge is 0.423 e. The van der Waals surface area contributed by atoms with Crippen LogP contribution in [0.2, 0.25) is 26.0 Å². The summed E-state index contributed by atoms with van der Waals surface area (Å²) in [5.41, 5.74) is 2.23. The highest BCUT2D eigenvalue weighted by Gasteiger charge is 2.07. The molecular weight excluding hydrogens is 528 g/mol. The first kappa shape index (κ1) is 29.1. The van der Waals surface area contributed by atoms with Crippen LogP contribution in [0.15, 0.2) is 72.8 Å². The zero-order chi connectivity index (χ0) is 23.5. The molecule has 0 spiro atoms. The van der Waals surface area contributed by atoms with Crippen LogP contribution in [0.5, 0.6) is 0 Å². The van der Waals surface area contributed by atoms with Gasteiger partial charge in [0.2, 0.25) is 10.6 Å². The number of halogens is 5. The summed E-state index contributed by atoms with van der Waals surface area (Å²) in [6.07, 6.45) is 0. The Bertz CT molecular complexity index is 1060. The third-order valence-electron chi connectivity index (χ3n) is 3.47. The first-order valence-electron chi connectivity index (χ1n) is 8.76. The summed E-state index contributed by atoms with van der Waals surface area (Å²) in [6.45, 7) is 0. The van der Waals surface area contributed by atoms with Gasteiger partial charge in [-0.25, -0.2) is 19.9 Å². The van der Waals surface area contributed by atoms with E-state index in [1.807, 2.05) is 36.4 Å². The van der Waals surface area contributed by atoms with E-state index in [1.165, 1.54) is 6.07 Å². The monoisotopic (exact) mass is 544 g/mol. The molecule has 0 bridgehead atoms. The Kier molecular flexibility index (Phi) is 13.2. The fourth-order valence-corrected chi connectivity index (χ4v) is 3.24. The Morgan fingerprint density at radius 3 is 1.39 bits per heavy atom. The van der Waals surface area contributed by atoms with Crippen LogP contribution in [0.1, 0.15) is 7.43 Å². The minimum Gasteiger partial charge on any atom is -0.423 e. The standard InChI is InChI=1S/C10H6Cl2N2.C6H7BO2.C4HCl3N2.CH4/c11-9-6-8(13-10(12)14-9)7-4-2-1-3-5-7;8-7(9)6-4-2-1-3-5-6;5-2-1-3(6)9-4(7)8-2;/h1-6H;1-5,8-9H;1H;1H4. The fourth-order valence-electron chi connectivity index (χ4n) is 2.14. The Balaban J connectivity index is 0.000000254. The summed E-state index contributed by atoms with van der Waals surface area (Å²) in [5.74, 6) is 0. The lowest BCUT2D eigenvalue weighted by atomic mass is 9.81. The summed E-state index contributed by atoms with van der Waals surface area (Å²) in [4.78, 5) is 15.0. The van der Waals surface area contributed by atoms with Crippen molar-refractivity contribution >= 4 is 70.6 Å². The third-order valence-corrected chi connectivity index (χ3v) is 4.39. The predicted octanol–water partition coefficient (Wildman–Crippen LogP) is 5.89. The minimum absolute atomic E-state index is 0. The van der Waals surface area contributed by atoms with E-state index in [0.29, 0.717) is 10.6 Å². The normalized spacial score (nSPS) is 9.42. The van der Waals surface area contributed by atoms with Crippen molar-refractivity contribution in [1.82, 2.24) is 19.9 Å². The van der Waals surface area contributed by atoms with Crippen molar-refractivity contribution in [2.24, 2.45) is 0 Å². The topological polar surface area (TPSA) is 92.0 Å². The summed E-state index contributed by atoms with van der Waals surface area (Å²) in [6, 6.07) is 21.4. The van der Waals surface area contributed by atoms with Crippen molar-refractivity contribution in [3.8, 4) is 11.3 Å². The van der Waals surface area contributed by atoms with Gasteiger partial charge in [0.05, 0.1) is 5.69 Å². The first-order chi connectivity index (χ1) is 15.2. The molecule has 0 atom stereocenters. The molecule has 6 nitrogen and oxygen atoms in total. The molecule has 0 aliphatic carbocycles. The molecule has 0 aliphatic heterocycles. The number of rotatable bonds is 2. The SMILES string of the molecule is C.Clc1cc(-c2ccccc2)nc(Cl)n1.Clc1cc(Cl)nc(Cl)n1.OB(O)c1ccccc1. The van der Waals surface area contributed by atoms with E-state index < -0.39 is 7.12 Å². The highest BCUT2D eigenvalue weighted by molar-refractivity contribution is 6.58. The van der Waals surface area contributed by atoms with Gasteiger partial charge in [-0.2, -0.15) is 0 Å². The maximum Gasteiger partial charge on any atom is 0.488 e. The maximum absolute atomic E-state index is 8.58. The van der Waals surface area contributed by atoms with Gasteiger partial charge in [-0.1, -0.05) is 103 Å². The van der Waals surface area contributed by atoms with Gasteiger partial charge in [-0.3, -0.25) is 0 Å².